The van der Waals surface area contributed by atoms with Gasteiger partial charge in [0.25, 0.3) is 23.6 Å². The maximum absolute atomic E-state index is 14.4. The summed E-state index contributed by atoms with van der Waals surface area (Å²) in [5.41, 5.74) is 3.11. The molecule has 0 spiro atoms. The van der Waals surface area contributed by atoms with Crippen molar-refractivity contribution < 1.29 is 43.1 Å². The third-order valence-electron chi connectivity index (χ3n) is 13.5. The highest BCUT2D eigenvalue weighted by molar-refractivity contribution is 7.13. The molecule has 19 heteroatoms. The Morgan fingerprint density at radius 1 is 0.866 bits per heavy atom. The van der Waals surface area contributed by atoms with Crippen molar-refractivity contribution in [2.45, 2.75) is 82.5 Å². The van der Waals surface area contributed by atoms with E-state index in [-0.39, 0.29) is 53.6 Å². The van der Waals surface area contributed by atoms with Gasteiger partial charge in [-0.3, -0.25) is 54.0 Å². The Labute approximate surface area is 390 Å². The molecule has 17 nitrogen and oxygen atoms in total. The van der Waals surface area contributed by atoms with Crippen molar-refractivity contribution in [1.82, 2.24) is 29.9 Å². The Morgan fingerprint density at radius 3 is 2.42 bits per heavy atom. The molecule has 3 fully saturated rings. The van der Waals surface area contributed by atoms with E-state index in [1.807, 2.05) is 23.1 Å². The van der Waals surface area contributed by atoms with Gasteiger partial charge in [-0.05, 0) is 80.1 Å². The molecule has 7 amide bonds. The van der Waals surface area contributed by atoms with Gasteiger partial charge in [0.2, 0.25) is 17.7 Å². The van der Waals surface area contributed by atoms with E-state index in [1.165, 1.54) is 28.5 Å². The second-order valence-electron chi connectivity index (χ2n) is 17.6. The molecule has 0 saturated carbocycles. The summed E-state index contributed by atoms with van der Waals surface area (Å²) in [6, 6.07) is 12.2. The summed E-state index contributed by atoms with van der Waals surface area (Å²) in [6.07, 6.45) is 7.38. The van der Waals surface area contributed by atoms with Gasteiger partial charge in [-0.2, -0.15) is 0 Å². The van der Waals surface area contributed by atoms with Gasteiger partial charge in [0.15, 0.2) is 5.13 Å². The number of amides is 7. The number of phenolic OH excluding ortho intramolecular Hbond substituents is 1. The van der Waals surface area contributed by atoms with Crippen LogP contribution in [0, 0.1) is 5.82 Å². The minimum absolute atomic E-state index is 0.0143. The van der Waals surface area contributed by atoms with Crippen LogP contribution in [-0.2, 0) is 25.7 Å². The first kappa shape index (κ1) is 45.4. The summed E-state index contributed by atoms with van der Waals surface area (Å²) in [5.74, 6) is -3.90. The average Bonchev–Trinajstić information content (AvgIpc) is 4.03. The van der Waals surface area contributed by atoms with E-state index in [9.17, 15) is 43.1 Å². The highest BCUT2D eigenvalue weighted by Crippen LogP contribution is 2.39. The zero-order valence-electron chi connectivity index (χ0n) is 36.9. The first-order chi connectivity index (χ1) is 32.4. The Bertz CT molecular complexity index is 2590. The van der Waals surface area contributed by atoms with Crippen molar-refractivity contribution in [2.24, 2.45) is 0 Å². The number of aromatic nitrogens is 1. The third-order valence-corrected chi connectivity index (χ3v) is 14.2. The number of phenols is 1. The molecule has 0 bridgehead atoms. The lowest BCUT2D eigenvalue weighted by Crippen LogP contribution is -2.54. The zero-order chi connectivity index (χ0) is 46.8. The molecular formula is C48H52FN9O8S. The molecule has 9 rings (SSSR count). The number of thiazole rings is 1. The minimum Gasteiger partial charge on any atom is -0.508 e. The van der Waals surface area contributed by atoms with Crippen LogP contribution in [0.1, 0.15) is 106 Å². The van der Waals surface area contributed by atoms with Gasteiger partial charge >= 0.3 is 0 Å². The van der Waals surface area contributed by atoms with Crippen molar-refractivity contribution in [3.63, 3.8) is 0 Å². The molecule has 4 N–H and O–H groups in total. The number of hydrogen-bond donors (Lipinski definition) is 4. The molecule has 0 aliphatic carbocycles. The second kappa shape index (κ2) is 19.6. The number of rotatable bonds is 15. The number of carbonyl (C=O) groups excluding carboxylic acids is 7. The lowest BCUT2D eigenvalue weighted by Gasteiger charge is -2.43. The van der Waals surface area contributed by atoms with Crippen LogP contribution in [0.2, 0.25) is 0 Å². The second-order valence-corrected chi connectivity index (χ2v) is 18.5. The van der Waals surface area contributed by atoms with E-state index in [0.29, 0.717) is 48.5 Å². The van der Waals surface area contributed by atoms with Crippen molar-refractivity contribution >= 4 is 69.2 Å². The number of benzene rings is 3. The molecule has 67 heavy (non-hydrogen) atoms. The van der Waals surface area contributed by atoms with E-state index in [4.69, 9.17) is 0 Å². The van der Waals surface area contributed by atoms with Gasteiger partial charge in [-0.1, -0.05) is 25.0 Å². The van der Waals surface area contributed by atoms with Gasteiger partial charge in [-0.15, -0.1) is 11.3 Å². The topological polar surface area (TPSA) is 205 Å². The van der Waals surface area contributed by atoms with Crippen LogP contribution < -0.4 is 20.9 Å². The molecule has 1 aromatic heterocycles. The smallest absolute Gasteiger partial charge is 0.264 e. The van der Waals surface area contributed by atoms with Crippen LogP contribution in [0.4, 0.5) is 20.9 Å². The number of piperidine rings is 2. The summed E-state index contributed by atoms with van der Waals surface area (Å²) in [7, 11) is 0. The molecule has 3 aromatic carbocycles. The van der Waals surface area contributed by atoms with Crippen LogP contribution in [-0.4, -0.2) is 129 Å². The van der Waals surface area contributed by atoms with Gasteiger partial charge in [0.05, 0.1) is 11.1 Å². The molecule has 5 aliphatic heterocycles. The number of imide groups is 2. The Hall–Kier alpha value is -6.73. The molecular weight excluding hydrogens is 882 g/mol. The van der Waals surface area contributed by atoms with Gasteiger partial charge in [0.1, 0.15) is 23.7 Å². The molecule has 2 atom stereocenters. The maximum Gasteiger partial charge on any atom is 0.264 e. The normalized spacial score (nSPS) is 19.4. The van der Waals surface area contributed by atoms with Crippen LogP contribution in [0.15, 0.2) is 66.2 Å². The number of unbranched alkanes of at least 4 members (excludes halogenated alkanes) is 3. The molecule has 4 aromatic rings. The maximum atomic E-state index is 14.4. The number of aromatic hydroxyl groups is 1. The van der Waals surface area contributed by atoms with Gasteiger partial charge in [-0.25, -0.2) is 9.37 Å². The highest BCUT2D eigenvalue weighted by atomic mass is 32.1. The molecule has 0 radical (unpaired) electrons. The van der Waals surface area contributed by atoms with Gasteiger partial charge in [0, 0.05) is 105 Å². The fourth-order valence-electron chi connectivity index (χ4n) is 9.99. The number of halogens is 1. The minimum atomic E-state index is -1.30. The lowest BCUT2D eigenvalue weighted by molar-refractivity contribution is -0.136. The Kier molecular flexibility index (Phi) is 13.3. The van der Waals surface area contributed by atoms with E-state index >= 15 is 0 Å². The summed E-state index contributed by atoms with van der Waals surface area (Å²) in [4.78, 5) is 105. The van der Waals surface area contributed by atoms with Crippen molar-refractivity contribution in [2.75, 3.05) is 61.3 Å². The predicted octanol–water partition coefficient (Wildman–Crippen LogP) is 4.90. The van der Waals surface area contributed by atoms with E-state index in [1.54, 1.807) is 23.6 Å². The van der Waals surface area contributed by atoms with E-state index in [0.717, 1.165) is 93.0 Å². The number of hydrogen-bond acceptors (Lipinski definition) is 13. The summed E-state index contributed by atoms with van der Waals surface area (Å²) < 4.78 is 14.4. The van der Waals surface area contributed by atoms with Crippen molar-refractivity contribution in [3.8, 4) is 5.75 Å². The number of nitrogens with zero attached hydrogens (tertiary/aromatic N) is 6. The first-order valence-electron chi connectivity index (χ1n) is 22.9. The summed E-state index contributed by atoms with van der Waals surface area (Å²) >= 11 is 1.21. The van der Waals surface area contributed by atoms with Crippen LogP contribution >= 0.6 is 11.3 Å². The largest absolute Gasteiger partial charge is 0.508 e. The molecule has 2 unspecified atom stereocenters. The number of fused-ring (bicyclic) bond motifs is 2. The number of piperazine rings is 1. The van der Waals surface area contributed by atoms with Crippen LogP contribution in [0.3, 0.4) is 0 Å². The first-order valence-corrected chi connectivity index (χ1v) is 23.8. The molecule has 6 heterocycles. The fraction of sp³-hybridized carbons (Fsp3) is 0.417. The standard InChI is InChI=1S/C48H52FN9O8S/c49-30-10-13-38(59)35(26-30)42(44(63)53-48-51-18-25-67-48)57-28-29-9-11-32(27-34(29)45(57)64)54-19-15-31(16-20-54)55-21-23-56(24-22-55)40(61)8-3-1-2-4-17-50-36-7-5-6-33-41(36)47(66)58(46(33)65)37-12-14-39(60)52-43(37)62/h5-7,9-11,13,18,25-27,31,37,42,50,59H,1-4,8,12,14-17,19-24,28H2,(H,51,53,63)(H,52,60,62). The predicted molar refractivity (Wildman–Crippen MR) is 246 cm³/mol. The van der Waals surface area contributed by atoms with Gasteiger partial charge < -0.3 is 25.1 Å². The monoisotopic (exact) mass is 933 g/mol. The third kappa shape index (κ3) is 9.47. The highest BCUT2D eigenvalue weighted by Gasteiger charge is 2.46. The zero-order valence-corrected chi connectivity index (χ0v) is 37.7. The number of anilines is 3. The molecule has 5 aliphatic rings. The summed E-state index contributed by atoms with van der Waals surface area (Å²) in [6.45, 7) is 5.26. The van der Waals surface area contributed by atoms with E-state index in [2.05, 4.69) is 30.7 Å². The SMILES string of the molecule is O=C1CCC(N2C(=O)c3cccc(NCCCCCCC(=O)N4CCN(C5CCN(c6ccc7c(c6)C(=O)N(C(C(=O)Nc6nccs6)c6cc(F)ccc6O)C7)CC5)CC4)c3C2=O)C(=O)N1. The van der Waals surface area contributed by atoms with Crippen LogP contribution in [0.25, 0.3) is 0 Å². The summed E-state index contributed by atoms with van der Waals surface area (Å²) in [5, 5.41) is 20.9. The van der Waals surface area contributed by atoms with Crippen molar-refractivity contribution in [3.05, 3.63) is 99.8 Å². The number of nitrogens with one attached hydrogen (secondary N) is 3. The average molecular weight is 934 g/mol. The molecule has 350 valence electrons. The van der Waals surface area contributed by atoms with E-state index < -0.39 is 47.4 Å². The number of carbonyl (C=O) groups is 7. The Morgan fingerprint density at radius 2 is 1.66 bits per heavy atom. The van der Waals surface area contributed by atoms with Crippen molar-refractivity contribution in [1.29, 1.82) is 0 Å². The van der Waals surface area contributed by atoms with Crippen LogP contribution in [0.5, 0.6) is 5.75 Å². The lowest BCUT2D eigenvalue weighted by atomic mass is 10.0. The molecule has 3 saturated heterocycles. The quantitative estimate of drug-likeness (QED) is 0.0929. The Balaban J connectivity index is 0.695. The fourth-order valence-corrected chi connectivity index (χ4v) is 10.5.